The van der Waals surface area contributed by atoms with Gasteiger partial charge in [0.2, 0.25) is 0 Å². The summed E-state index contributed by atoms with van der Waals surface area (Å²) in [5, 5.41) is 0. The summed E-state index contributed by atoms with van der Waals surface area (Å²) in [6.07, 6.45) is 0. The molecule has 0 N–H and O–H groups in total. The van der Waals surface area contributed by atoms with Gasteiger partial charge in [0.1, 0.15) is 7.85 Å². The molecule has 1 aromatic rings. The van der Waals surface area contributed by atoms with E-state index in [0.29, 0.717) is 17.0 Å². The van der Waals surface area contributed by atoms with Gasteiger partial charge >= 0.3 is 0 Å². The summed E-state index contributed by atoms with van der Waals surface area (Å²) in [5.41, 5.74) is 1.36. The molecule has 2 nitrogen and oxygen atoms in total. The standard InChI is InChI=1S/C10H11BO2/c1-7(11)8-4-5-9(12-2)10(6-8)13-3/h4-6H,1H2,2-3H3. The van der Waals surface area contributed by atoms with Gasteiger partial charge in [-0.05, 0) is 17.7 Å². The third-order valence-electron chi connectivity index (χ3n) is 1.75. The van der Waals surface area contributed by atoms with E-state index in [1.165, 1.54) is 0 Å². The van der Waals surface area contributed by atoms with E-state index in [4.69, 9.17) is 17.3 Å². The highest BCUT2D eigenvalue weighted by Gasteiger charge is 2.03. The van der Waals surface area contributed by atoms with E-state index in [9.17, 15) is 0 Å². The van der Waals surface area contributed by atoms with Gasteiger partial charge < -0.3 is 9.47 Å². The van der Waals surface area contributed by atoms with Crippen molar-refractivity contribution >= 4 is 13.3 Å². The topological polar surface area (TPSA) is 18.5 Å². The maximum Gasteiger partial charge on any atom is 0.161 e. The summed E-state index contributed by atoms with van der Waals surface area (Å²) < 4.78 is 10.2. The lowest BCUT2D eigenvalue weighted by Crippen LogP contribution is -1.91. The summed E-state index contributed by atoms with van der Waals surface area (Å²) in [7, 11) is 8.71. The van der Waals surface area contributed by atoms with Gasteiger partial charge in [-0.2, -0.15) is 0 Å². The normalized spacial score (nSPS) is 9.38. The third kappa shape index (κ3) is 2.05. The Bertz CT molecular complexity index is 321. The zero-order valence-corrected chi connectivity index (χ0v) is 7.83. The van der Waals surface area contributed by atoms with Crippen LogP contribution in [0, 0.1) is 0 Å². The first-order chi connectivity index (χ1) is 6.19. The van der Waals surface area contributed by atoms with Gasteiger partial charge in [0.05, 0.1) is 14.2 Å². The van der Waals surface area contributed by atoms with Gasteiger partial charge in [0.25, 0.3) is 0 Å². The molecule has 0 aliphatic rings. The molecule has 0 heterocycles. The molecule has 0 saturated heterocycles. The van der Waals surface area contributed by atoms with Crippen molar-refractivity contribution in [1.29, 1.82) is 0 Å². The van der Waals surface area contributed by atoms with E-state index < -0.39 is 0 Å². The Morgan fingerprint density at radius 1 is 1.23 bits per heavy atom. The van der Waals surface area contributed by atoms with E-state index in [2.05, 4.69) is 6.58 Å². The molecule has 1 rings (SSSR count). The number of methoxy groups -OCH3 is 2. The summed E-state index contributed by atoms with van der Waals surface area (Å²) in [6, 6.07) is 5.43. The van der Waals surface area contributed by atoms with E-state index in [0.717, 1.165) is 5.56 Å². The van der Waals surface area contributed by atoms with Crippen molar-refractivity contribution in [2.24, 2.45) is 0 Å². The number of hydrogen-bond acceptors (Lipinski definition) is 2. The summed E-state index contributed by atoms with van der Waals surface area (Å²) in [6.45, 7) is 3.64. The molecule has 0 fully saturated rings. The van der Waals surface area contributed by atoms with Gasteiger partial charge in [-0.3, -0.25) is 0 Å². The van der Waals surface area contributed by atoms with Crippen LogP contribution in [0.1, 0.15) is 5.56 Å². The second-order valence-corrected chi connectivity index (χ2v) is 2.60. The van der Waals surface area contributed by atoms with Gasteiger partial charge in [0.15, 0.2) is 11.5 Å². The minimum atomic E-state index is 0.515. The molecule has 0 aliphatic carbocycles. The molecule has 0 saturated carbocycles. The minimum Gasteiger partial charge on any atom is -0.493 e. The van der Waals surface area contributed by atoms with Crippen LogP contribution in [0.5, 0.6) is 11.5 Å². The van der Waals surface area contributed by atoms with Crippen LogP contribution in [0.3, 0.4) is 0 Å². The molecular formula is C10H11BO2. The predicted molar refractivity (Wildman–Crippen MR) is 54.3 cm³/mol. The fourth-order valence-corrected chi connectivity index (χ4v) is 1.04. The molecule has 0 aliphatic heterocycles. The van der Waals surface area contributed by atoms with Gasteiger partial charge in [-0.25, -0.2) is 0 Å². The molecule has 0 amide bonds. The Labute approximate surface area is 79.6 Å². The van der Waals surface area contributed by atoms with Crippen LogP contribution in [0.25, 0.3) is 5.47 Å². The summed E-state index contributed by atoms with van der Waals surface area (Å²) in [4.78, 5) is 0. The van der Waals surface area contributed by atoms with Crippen molar-refractivity contribution in [3.8, 4) is 11.5 Å². The first-order valence-corrected chi connectivity index (χ1v) is 3.86. The Hall–Kier alpha value is -1.38. The quantitative estimate of drug-likeness (QED) is 0.651. The van der Waals surface area contributed by atoms with Crippen molar-refractivity contribution in [3.63, 3.8) is 0 Å². The van der Waals surface area contributed by atoms with Crippen LogP contribution in [-0.2, 0) is 0 Å². The number of benzene rings is 1. The highest BCUT2D eigenvalue weighted by atomic mass is 16.5. The van der Waals surface area contributed by atoms with Crippen LogP contribution in [0.4, 0.5) is 0 Å². The van der Waals surface area contributed by atoms with Crippen LogP contribution >= 0.6 is 0 Å². The number of ether oxygens (including phenoxy) is 2. The van der Waals surface area contributed by atoms with E-state index in [1.807, 2.05) is 6.07 Å². The van der Waals surface area contributed by atoms with Crippen molar-refractivity contribution in [2.45, 2.75) is 0 Å². The second kappa shape index (κ2) is 4.03. The summed E-state index contributed by atoms with van der Waals surface area (Å²) >= 11 is 0. The molecule has 0 aromatic heterocycles. The first-order valence-electron chi connectivity index (χ1n) is 3.86. The Kier molecular flexibility index (Phi) is 3.01. The molecular weight excluding hydrogens is 163 g/mol. The van der Waals surface area contributed by atoms with Crippen LogP contribution in [0.15, 0.2) is 24.8 Å². The zero-order chi connectivity index (χ0) is 9.84. The number of rotatable bonds is 3. The largest absolute Gasteiger partial charge is 0.493 e. The molecule has 0 bridgehead atoms. The van der Waals surface area contributed by atoms with Gasteiger partial charge in [0, 0.05) is 0 Å². The Morgan fingerprint density at radius 3 is 2.31 bits per heavy atom. The maximum absolute atomic E-state index is 5.54. The molecule has 0 atom stereocenters. The molecule has 0 unspecified atom stereocenters. The fourth-order valence-electron chi connectivity index (χ4n) is 1.04. The minimum absolute atomic E-state index is 0.515. The van der Waals surface area contributed by atoms with Gasteiger partial charge in [-0.15, -0.1) is 6.58 Å². The molecule has 1 aromatic carbocycles. The molecule has 2 radical (unpaired) electrons. The van der Waals surface area contributed by atoms with E-state index >= 15 is 0 Å². The monoisotopic (exact) mass is 174 g/mol. The first kappa shape index (κ1) is 9.71. The van der Waals surface area contributed by atoms with Gasteiger partial charge in [-0.1, -0.05) is 11.5 Å². The molecule has 13 heavy (non-hydrogen) atoms. The van der Waals surface area contributed by atoms with Crippen LogP contribution < -0.4 is 9.47 Å². The molecule has 66 valence electrons. The maximum atomic E-state index is 5.54. The lowest BCUT2D eigenvalue weighted by atomic mass is 9.90. The fraction of sp³-hybridized carbons (Fsp3) is 0.200. The molecule has 3 heteroatoms. The van der Waals surface area contributed by atoms with E-state index in [-0.39, 0.29) is 0 Å². The lowest BCUT2D eigenvalue weighted by molar-refractivity contribution is 0.355. The Balaban J connectivity index is 3.13. The SMILES string of the molecule is [B]C(=C)c1ccc(OC)c(OC)c1. The lowest BCUT2D eigenvalue weighted by Gasteiger charge is -2.09. The van der Waals surface area contributed by atoms with Crippen LogP contribution in [0.2, 0.25) is 0 Å². The average molecular weight is 174 g/mol. The average Bonchev–Trinajstić information content (AvgIpc) is 2.16. The Morgan fingerprint density at radius 2 is 1.85 bits per heavy atom. The number of hydrogen-bond donors (Lipinski definition) is 0. The van der Waals surface area contributed by atoms with Crippen molar-refractivity contribution < 1.29 is 9.47 Å². The van der Waals surface area contributed by atoms with E-state index in [1.54, 1.807) is 26.4 Å². The second-order valence-electron chi connectivity index (χ2n) is 2.60. The van der Waals surface area contributed by atoms with Crippen molar-refractivity contribution in [3.05, 3.63) is 30.3 Å². The zero-order valence-electron chi connectivity index (χ0n) is 7.83. The highest BCUT2D eigenvalue weighted by molar-refractivity contribution is 6.41. The van der Waals surface area contributed by atoms with Crippen molar-refractivity contribution in [2.75, 3.05) is 14.2 Å². The third-order valence-corrected chi connectivity index (χ3v) is 1.75. The van der Waals surface area contributed by atoms with Crippen LogP contribution in [-0.4, -0.2) is 22.1 Å². The highest BCUT2D eigenvalue weighted by Crippen LogP contribution is 2.28. The molecule has 0 spiro atoms. The smallest absolute Gasteiger partial charge is 0.161 e. The van der Waals surface area contributed by atoms with Crippen molar-refractivity contribution in [1.82, 2.24) is 0 Å². The summed E-state index contributed by atoms with van der Waals surface area (Å²) in [5.74, 6) is 1.35. The predicted octanol–water partition coefficient (Wildman–Crippen LogP) is 1.84.